The van der Waals surface area contributed by atoms with Crippen molar-refractivity contribution in [2.45, 2.75) is 6.18 Å². The van der Waals surface area contributed by atoms with Gasteiger partial charge in [-0.25, -0.2) is 9.97 Å². The molecule has 0 spiro atoms. The van der Waals surface area contributed by atoms with Gasteiger partial charge in [-0.2, -0.15) is 13.2 Å². The summed E-state index contributed by atoms with van der Waals surface area (Å²) in [5.41, 5.74) is -0.315. The van der Waals surface area contributed by atoms with Crippen LogP contribution in [-0.2, 0) is 6.18 Å². The lowest BCUT2D eigenvalue weighted by molar-refractivity contribution is -0.137. The van der Waals surface area contributed by atoms with Crippen molar-refractivity contribution >= 4 is 29.1 Å². The van der Waals surface area contributed by atoms with E-state index in [-0.39, 0.29) is 13.0 Å². The number of alkyl halides is 3. The van der Waals surface area contributed by atoms with Crippen LogP contribution < -0.4 is 10.6 Å². The molecular weight excluding hydrogens is 321 g/mol. The Kier molecular flexibility index (Phi) is 4.10. The highest BCUT2D eigenvalue weighted by Gasteiger charge is 2.34. The summed E-state index contributed by atoms with van der Waals surface area (Å²) in [6.07, 6.45) is -4.03. The van der Waals surface area contributed by atoms with Gasteiger partial charge in [-0.3, -0.25) is 4.79 Å². The molecule has 2 N–H and O–H groups in total. The fourth-order valence-electron chi connectivity index (χ4n) is 1.55. The van der Waals surface area contributed by atoms with E-state index >= 15 is 0 Å². The molecule has 5 nitrogen and oxygen atoms in total. The van der Waals surface area contributed by atoms with E-state index < -0.39 is 22.8 Å². The monoisotopic (exact) mass is 331 g/mol. The lowest BCUT2D eigenvalue weighted by atomic mass is 10.2. The Bertz CT molecular complexity index is 709. The fourth-order valence-corrected chi connectivity index (χ4v) is 1.78. The van der Waals surface area contributed by atoms with Crippen LogP contribution in [0, 0.1) is 0 Å². The lowest BCUT2D eigenvalue weighted by Crippen LogP contribution is -2.17. The molecule has 2 aromatic rings. The standard InChI is InChI=1S/C13H10ClF3N4O/c1-18-11(22)7-2-4-8(5-3-7)20-12-19-6-9(10(14)21-12)13(15,16)17/h2-6H,1H3,(H,18,22)(H,19,20,21)/i1D. The third kappa shape index (κ3) is 3.64. The Morgan fingerprint density at radius 1 is 1.32 bits per heavy atom. The molecule has 1 amide bonds. The second-order valence-corrected chi connectivity index (χ2v) is 4.46. The first-order chi connectivity index (χ1) is 10.8. The second kappa shape index (κ2) is 6.18. The first kappa shape index (κ1) is 14.6. The van der Waals surface area contributed by atoms with E-state index in [2.05, 4.69) is 20.6 Å². The van der Waals surface area contributed by atoms with E-state index in [0.29, 0.717) is 17.4 Å². The van der Waals surface area contributed by atoms with Crippen LogP contribution in [0.3, 0.4) is 0 Å². The van der Waals surface area contributed by atoms with Crippen LogP contribution in [0.4, 0.5) is 24.8 Å². The van der Waals surface area contributed by atoms with Crippen molar-refractivity contribution in [3.63, 3.8) is 0 Å². The molecule has 0 saturated heterocycles. The number of hydrogen-bond acceptors (Lipinski definition) is 4. The van der Waals surface area contributed by atoms with Crippen molar-refractivity contribution in [1.82, 2.24) is 15.3 Å². The molecule has 116 valence electrons. The summed E-state index contributed by atoms with van der Waals surface area (Å²) < 4.78 is 44.6. The zero-order chi connectivity index (χ0) is 17.0. The number of nitrogens with one attached hydrogen (secondary N) is 2. The number of hydrogen-bond donors (Lipinski definition) is 2. The van der Waals surface area contributed by atoms with Crippen molar-refractivity contribution in [3.8, 4) is 0 Å². The van der Waals surface area contributed by atoms with Gasteiger partial charge >= 0.3 is 6.18 Å². The number of carbonyl (C=O) groups is 1. The van der Waals surface area contributed by atoms with Crippen LogP contribution in [0.2, 0.25) is 5.15 Å². The predicted molar refractivity (Wildman–Crippen MR) is 75.2 cm³/mol. The quantitative estimate of drug-likeness (QED) is 0.847. The van der Waals surface area contributed by atoms with Gasteiger partial charge in [0.2, 0.25) is 5.95 Å². The third-order valence-corrected chi connectivity index (χ3v) is 2.90. The number of halogens is 4. The van der Waals surface area contributed by atoms with Crippen LogP contribution >= 0.6 is 11.6 Å². The summed E-state index contributed by atoms with van der Waals surface area (Å²) >= 11 is 5.50. The van der Waals surface area contributed by atoms with Crippen molar-refractivity contribution in [3.05, 3.63) is 46.7 Å². The number of benzene rings is 1. The largest absolute Gasteiger partial charge is 0.420 e. The van der Waals surface area contributed by atoms with Gasteiger partial charge in [-0.05, 0) is 24.3 Å². The van der Waals surface area contributed by atoms with Crippen molar-refractivity contribution in [1.29, 1.82) is 0 Å². The number of aromatic nitrogens is 2. The van der Waals surface area contributed by atoms with Crippen LogP contribution in [-0.4, -0.2) is 22.9 Å². The molecule has 0 unspecified atom stereocenters. The van der Waals surface area contributed by atoms with E-state index in [0.717, 1.165) is 0 Å². The normalized spacial score (nSPS) is 11.7. The predicted octanol–water partition coefficient (Wildman–Crippen LogP) is 3.25. The molecule has 0 radical (unpaired) electrons. The van der Waals surface area contributed by atoms with Gasteiger partial charge in [0.1, 0.15) is 10.7 Å². The van der Waals surface area contributed by atoms with Gasteiger partial charge in [-0.15, -0.1) is 0 Å². The number of carbonyl (C=O) groups excluding carboxylic acids is 1. The highest BCUT2D eigenvalue weighted by Crippen LogP contribution is 2.33. The van der Waals surface area contributed by atoms with Gasteiger partial charge in [0.15, 0.2) is 0 Å². The van der Waals surface area contributed by atoms with E-state index in [1.807, 2.05) is 0 Å². The summed E-state index contributed by atoms with van der Waals surface area (Å²) in [5.74, 6) is -0.508. The van der Waals surface area contributed by atoms with E-state index in [4.69, 9.17) is 13.0 Å². The van der Waals surface area contributed by atoms with Crippen LogP contribution in [0.25, 0.3) is 0 Å². The number of nitrogens with zero attached hydrogens (tertiary/aromatic N) is 2. The SMILES string of the molecule is [2H]CNC(=O)c1ccc(Nc2ncc(C(F)(F)F)c(Cl)n2)cc1. The topological polar surface area (TPSA) is 66.9 Å². The highest BCUT2D eigenvalue weighted by atomic mass is 35.5. The molecule has 0 saturated carbocycles. The molecular formula is C13H10ClF3N4O. The van der Waals surface area contributed by atoms with Crippen molar-refractivity contribution in [2.24, 2.45) is 0 Å². The van der Waals surface area contributed by atoms with E-state index in [9.17, 15) is 18.0 Å². The first-order valence-electron chi connectivity index (χ1n) is 6.56. The number of rotatable bonds is 3. The molecule has 22 heavy (non-hydrogen) atoms. The van der Waals surface area contributed by atoms with E-state index in [1.165, 1.54) is 24.3 Å². The molecule has 2 rings (SSSR count). The molecule has 0 aliphatic rings. The highest BCUT2D eigenvalue weighted by molar-refractivity contribution is 6.30. The minimum Gasteiger partial charge on any atom is -0.355 e. The molecule has 0 aliphatic carbocycles. The summed E-state index contributed by atoms with van der Waals surface area (Å²) in [5, 5.41) is 4.29. The maximum absolute atomic E-state index is 12.6. The van der Waals surface area contributed by atoms with E-state index in [1.54, 1.807) is 0 Å². The molecule has 0 aliphatic heterocycles. The second-order valence-electron chi connectivity index (χ2n) is 4.10. The molecule has 1 aromatic carbocycles. The maximum atomic E-state index is 12.6. The van der Waals surface area contributed by atoms with Crippen LogP contribution in [0.15, 0.2) is 30.5 Å². The number of amides is 1. The molecule has 0 atom stereocenters. The Balaban J connectivity index is 2.13. The van der Waals surface area contributed by atoms with Crippen molar-refractivity contribution < 1.29 is 19.3 Å². The minimum atomic E-state index is -4.62. The summed E-state index contributed by atoms with van der Waals surface area (Å²) in [7, 11) is -0.239. The van der Waals surface area contributed by atoms with Crippen LogP contribution in [0.1, 0.15) is 17.3 Å². The average molecular weight is 332 g/mol. The Morgan fingerprint density at radius 3 is 2.55 bits per heavy atom. The van der Waals surface area contributed by atoms with Crippen LogP contribution in [0.5, 0.6) is 0 Å². The number of anilines is 2. The molecule has 1 heterocycles. The Hall–Kier alpha value is -2.35. The summed E-state index contributed by atoms with van der Waals surface area (Å²) in [6.45, 7) is 0. The molecule has 0 bridgehead atoms. The third-order valence-electron chi connectivity index (χ3n) is 2.61. The summed E-state index contributed by atoms with van der Waals surface area (Å²) in [6, 6.07) is 6.01. The maximum Gasteiger partial charge on any atom is 0.420 e. The fraction of sp³-hybridized carbons (Fsp3) is 0.154. The Morgan fingerprint density at radius 2 is 2.00 bits per heavy atom. The Labute approximate surface area is 129 Å². The molecule has 9 heteroatoms. The van der Waals surface area contributed by atoms with Gasteiger partial charge in [-0.1, -0.05) is 11.6 Å². The average Bonchev–Trinajstić information content (AvgIpc) is 2.47. The van der Waals surface area contributed by atoms with Crippen molar-refractivity contribution in [2.75, 3.05) is 12.3 Å². The summed E-state index contributed by atoms with van der Waals surface area (Å²) in [4.78, 5) is 18.6. The van der Waals surface area contributed by atoms with Gasteiger partial charge < -0.3 is 10.6 Å². The smallest absolute Gasteiger partial charge is 0.355 e. The van der Waals surface area contributed by atoms with Gasteiger partial charge in [0, 0.05) is 25.8 Å². The zero-order valence-electron chi connectivity index (χ0n) is 11.9. The van der Waals surface area contributed by atoms with Gasteiger partial charge in [0.05, 0.1) is 0 Å². The zero-order valence-corrected chi connectivity index (χ0v) is 11.7. The van der Waals surface area contributed by atoms with Gasteiger partial charge in [0.25, 0.3) is 5.91 Å². The molecule has 1 aromatic heterocycles. The first-order valence-corrected chi connectivity index (χ1v) is 6.23. The molecule has 0 fully saturated rings. The minimum absolute atomic E-state index is 0.105. The lowest BCUT2D eigenvalue weighted by Gasteiger charge is -2.10.